The van der Waals surface area contributed by atoms with Gasteiger partial charge in [0.05, 0.1) is 0 Å². The van der Waals surface area contributed by atoms with Crippen molar-refractivity contribution in [3.05, 3.63) is 18.0 Å². The second kappa shape index (κ2) is 7.64. The van der Waals surface area contributed by atoms with Crippen LogP contribution in [0.5, 0.6) is 0 Å². The first-order valence-corrected chi connectivity index (χ1v) is 4.17. The molecule has 78 valence electrons. The Hall–Kier alpha value is -1.00. The average Bonchev–Trinajstić information content (AvgIpc) is 2.63. The molecule has 1 aromatic rings. The third kappa shape index (κ3) is 6.19. The molecule has 0 amide bonds. The molecule has 0 saturated heterocycles. The van der Waals surface area contributed by atoms with Gasteiger partial charge in [-0.25, -0.2) is 0 Å². The molecule has 2 nitrogen and oxygen atoms in total. The molecule has 0 aliphatic rings. The molecule has 5 heteroatoms. The summed E-state index contributed by atoms with van der Waals surface area (Å²) in [4.78, 5) is 0. The molecule has 0 spiro atoms. The third-order valence-electron chi connectivity index (χ3n) is 0.806. The quantitative estimate of drug-likeness (QED) is 0.676. The number of aromatic nitrogens is 2. The summed E-state index contributed by atoms with van der Waals surface area (Å²) in [5.74, 6) is 0. The molecule has 0 aliphatic carbocycles. The molecule has 0 aromatic carbocycles. The normalized spacial score (nSPS) is 9.15. The molecule has 0 atom stereocenters. The Morgan fingerprint density at radius 1 is 1.15 bits per heavy atom. The van der Waals surface area contributed by atoms with E-state index in [4.69, 9.17) is 0 Å². The summed E-state index contributed by atoms with van der Waals surface area (Å²) in [6.07, 6.45) is -3.24. The van der Waals surface area contributed by atoms with Gasteiger partial charge in [0.2, 0.25) is 0 Å². The fourth-order valence-electron chi connectivity index (χ4n) is 0.414. The maximum atomic E-state index is 11.5. The molecule has 0 unspecified atom stereocenters. The van der Waals surface area contributed by atoms with Crippen LogP contribution in [0.2, 0.25) is 0 Å². The summed E-state index contributed by atoms with van der Waals surface area (Å²) in [6, 6.07) is 0.875. The molecule has 0 aliphatic heterocycles. The van der Waals surface area contributed by atoms with Crippen molar-refractivity contribution in [1.29, 1.82) is 0 Å². The highest BCUT2D eigenvalue weighted by molar-refractivity contribution is 5.01. The van der Waals surface area contributed by atoms with E-state index in [1.54, 1.807) is 5.10 Å². The zero-order valence-corrected chi connectivity index (χ0v) is 8.24. The van der Waals surface area contributed by atoms with Gasteiger partial charge in [-0.15, -0.1) is 0 Å². The van der Waals surface area contributed by atoms with Gasteiger partial charge in [-0.05, 0) is 6.07 Å². The predicted octanol–water partition coefficient (Wildman–Crippen LogP) is 3.48. The first-order valence-electron chi connectivity index (χ1n) is 4.17. The van der Waals surface area contributed by atoms with E-state index in [9.17, 15) is 13.2 Å². The van der Waals surface area contributed by atoms with Crippen molar-refractivity contribution < 1.29 is 13.2 Å². The monoisotopic (exact) mass is 196 g/mol. The Bertz CT molecular complexity index is 180. The maximum absolute atomic E-state index is 11.5. The standard InChI is InChI=1S/C4H3F3N2.2C2H6/c5-4(6,7)3-1-2-8-9-3;2*1-2/h1-2H,(H,8,9);2*1-2H3. The molecule has 1 heterocycles. The Kier molecular flexibility index (Phi) is 8.53. The molecule has 0 saturated carbocycles. The summed E-state index contributed by atoms with van der Waals surface area (Å²) in [5.41, 5.74) is -0.817. The van der Waals surface area contributed by atoms with E-state index < -0.39 is 11.9 Å². The van der Waals surface area contributed by atoms with Gasteiger partial charge in [-0.1, -0.05) is 27.7 Å². The lowest BCUT2D eigenvalue weighted by Gasteiger charge is -1.99. The van der Waals surface area contributed by atoms with Crippen LogP contribution in [0.4, 0.5) is 13.2 Å². The molecular formula is C8H15F3N2. The van der Waals surface area contributed by atoms with E-state index in [2.05, 4.69) is 5.10 Å². The zero-order valence-electron chi connectivity index (χ0n) is 8.24. The first kappa shape index (κ1) is 14.5. The minimum absolute atomic E-state index is 0.817. The number of H-pyrrole nitrogens is 1. The summed E-state index contributed by atoms with van der Waals surface area (Å²) < 4.78 is 34.6. The van der Waals surface area contributed by atoms with Crippen molar-refractivity contribution in [3.63, 3.8) is 0 Å². The minimum Gasteiger partial charge on any atom is -0.274 e. The highest BCUT2D eigenvalue weighted by atomic mass is 19.4. The van der Waals surface area contributed by atoms with Crippen LogP contribution in [-0.4, -0.2) is 10.2 Å². The van der Waals surface area contributed by atoms with Crippen LogP contribution in [0.3, 0.4) is 0 Å². The van der Waals surface area contributed by atoms with E-state index in [1.807, 2.05) is 27.7 Å². The molecular weight excluding hydrogens is 181 g/mol. The van der Waals surface area contributed by atoms with E-state index in [-0.39, 0.29) is 0 Å². The lowest BCUT2D eigenvalue weighted by atomic mass is 10.4. The lowest BCUT2D eigenvalue weighted by Crippen LogP contribution is -2.04. The fourth-order valence-corrected chi connectivity index (χ4v) is 0.414. The van der Waals surface area contributed by atoms with Crippen molar-refractivity contribution >= 4 is 0 Å². The lowest BCUT2D eigenvalue weighted by molar-refractivity contribution is -0.141. The number of aromatic amines is 1. The van der Waals surface area contributed by atoms with Crippen molar-refractivity contribution in [3.8, 4) is 0 Å². The van der Waals surface area contributed by atoms with Crippen LogP contribution >= 0.6 is 0 Å². The Labute approximate surface area is 76.2 Å². The number of rotatable bonds is 0. The van der Waals surface area contributed by atoms with Gasteiger partial charge >= 0.3 is 6.18 Å². The number of halogens is 3. The van der Waals surface area contributed by atoms with Gasteiger partial charge in [0.25, 0.3) is 0 Å². The smallest absolute Gasteiger partial charge is 0.274 e. The third-order valence-corrected chi connectivity index (χ3v) is 0.806. The summed E-state index contributed by atoms with van der Waals surface area (Å²) in [7, 11) is 0. The number of alkyl halides is 3. The van der Waals surface area contributed by atoms with Crippen LogP contribution in [0, 0.1) is 0 Å². The van der Waals surface area contributed by atoms with Crippen LogP contribution in [-0.2, 0) is 6.18 Å². The van der Waals surface area contributed by atoms with E-state index in [0.29, 0.717) is 0 Å². The number of nitrogens with one attached hydrogen (secondary N) is 1. The summed E-state index contributed by atoms with van der Waals surface area (Å²) >= 11 is 0. The van der Waals surface area contributed by atoms with Gasteiger partial charge in [-0.3, -0.25) is 5.10 Å². The van der Waals surface area contributed by atoms with Gasteiger partial charge in [0.1, 0.15) is 5.69 Å². The highest BCUT2D eigenvalue weighted by Crippen LogP contribution is 2.26. The summed E-state index contributed by atoms with van der Waals surface area (Å²) in [5, 5.41) is 4.95. The zero-order chi connectivity index (χ0) is 10.9. The SMILES string of the molecule is CC.CC.FC(F)(F)c1ccn[nH]1. The minimum atomic E-state index is -4.30. The van der Waals surface area contributed by atoms with Crippen LogP contribution < -0.4 is 0 Å². The Balaban J connectivity index is 0. The van der Waals surface area contributed by atoms with Gasteiger partial charge < -0.3 is 0 Å². The predicted molar refractivity (Wildman–Crippen MR) is 46.3 cm³/mol. The fraction of sp³-hybridized carbons (Fsp3) is 0.625. The molecule has 1 aromatic heterocycles. The molecule has 0 radical (unpaired) electrons. The largest absolute Gasteiger partial charge is 0.432 e. The summed E-state index contributed by atoms with van der Waals surface area (Å²) in [6.45, 7) is 8.00. The van der Waals surface area contributed by atoms with Crippen LogP contribution in [0.15, 0.2) is 12.3 Å². The molecule has 0 fully saturated rings. The molecule has 0 bridgehead atoms. The van der Waals surface area contributed by atoms with Crippen LogP contribution in [0.25, 0.3) is 0 Å². The van der Waals surface area contributed by atoms with Crippen molar-refractivity contribution in [1.82, 2.24) is 10.2 Å². The number of hydrogen-bond donors (Lipinski definition) is 1. The first-order chi connectivity index (χ1) is 6.11. The van der Waals surface area contributed by atoms with Crippen molar-refractivity contribution in [2.24, 2.45) is 0 Å². The van der Waals surface area contributed by atoms with Gasteiger partial charge in [-0.2, -0.15) is 18.3 Å². The topological polar surface area (TPSA) is 28.7 Å². The van der Waals surface area contributed by atoms with Gasteiger partial charge in [0.15, 0.2) is 0 Å². The molecule has 1 rings (SSSR count). The van der Waals surface area contributed by atoms with E-state index in [1.165, 1.54) is 0 Å². The number of hydrogen-bond acceptors (Lipinski definition) is 1. The van der Waals surface area contributed by atoms with Crippen molar-refractivity contribution in [2.75, 3.05) is 0 Å². The molecule has 13 heavy (non-hydrogen) atoms. The van der Waals surface area contributed by atoms with E-state index >= 15 is 0 Å². The Morgan fingerprint density at radius 2 is 1.62 bits per heavy atom. The highest BCUT2D eigenvalue weighted by Gasteiger charge is 2.31. The average molecular weight is 196 g/mol. The number of nitrogens with zero attached hydrogens (tertiary/aromatic N) is 1. The second-order valence-corrected chi connectivity index (χ2v) is 1.47. The van der Waals surface area contributed by atoms with Gasteiger partial charge in [0, 0.05) is 6.20 Å². The van der Waals surface area contributed by atoms with Crippen molar-refractivity contribution in [2.45, 2.75) is 33.9 Å². The Morgan fingerprint density at radius 3 is 1.77 bits per heavy atom. The maximum Gasteiger partial charge on any atom is 0.432 e. The van der Waals surface area contributed by atoms with Crippen LogP contribution in [0.1, 0.15) is 33.4 Å². The molecule has 1 N–H and O–H groups in total. The second-order valence-electron chi connectivity index (χ2n) is 1.47. The van der Waals surface area contributed by atoms with E-state index in [0.717, 1.165) is 12.3 Å².